The fraction of sp³-hybridized carbons (Fsp3) is 0.609. The smallest absolute Gasteiger partial charge is 0.167 e. The van der Waals surface area contributed by atoms with Gasteiger partial charge in [0.15, 0.2) is 5.76 Å². The van der Waals surface area contributed by atoms with Gasteiger partial charge in [0.25, 0.3) is 0 Å². The van der Waals surface area contributed by atoms with Gasteiger partial charge in [-0.05, 0) is 62.4 Å². The zero-order valence-corrected chi connectivity index (χ0v) is 16.9. The zero-order chi connectivity index (χ0) is 20.1. The van der Waals surface area contributed by atoms with Crippen LogP contribution in [0.25, 0.3) is 11.3 Å². The van der Waals surface area contributed by atoms with Gasteiger partial charge in [-0.2, -0.15) is 0 Å². The second-order valence-electron chi connectivity index (χ2n) is 8.50. The molecule has 1 aromatic heterocycles. The van der Waals surface area contributed by atoms with E-state index in [4.69, 9.17) is 9.26 Å². The highest BCUT2D eigenvalue weighted by atomic mass is 19.1. The number of benzene rings is 1. The van der Waals surface area contributed by atoms with Gasteiger partial charge in [0, 0.05) is 24.6 Å². The summed E-state index contributed by atoms with van der Waals surface area (Å²) in [6.07, 6.45) is 8.29. The zero-order valence-electron chi connectivity index (χ0n) is 16.9. The Kier molecular flexibility index (Phi) is 6.95. The van der Waals surface area contributed by atoms with E-state index < -0.39 is 6.10 Å². The third-order valence-electron chi connectivity index (χ3n) is 6.21. The van der Waals surface area contributed by atoms with Gasteiger partial charge in [-0.15, -0.1) is 0 Å². The molecule has 158 valence electrons. The predicted octanol–water partition coefficient (Wildman–Crippen LogP) is 4.10. The molecular formula is C23H31FN2O3. The SMILES string of the molecule is O[C@H]1CC[C@@H](Cc2cc(-c3ccc(F)cc3)on2)O[C@@H]1CNCC1CCCCC1. The van der Waals surface area contributed by atoms with Crippen molar-refractivity contribution < 1.29 is 18.8 Å². The average molecular weight is 403 g/mol. The van der Waals surface area contributed by atoms with E-state index in [9.17, 15) is 9.50 Å². The normalized spacial score (nSPS) is 25.9. The van der Waals surface area contributed by atoms with Crippen molar-refractivity contribution in [3.8, 4) is 11.3 Å². The van der Waals surface area contributed by atoms with E-state index >= 15 is 0 Å². The lowest BCUT2D eigenvalue weighted by atomic mass is 9.89. The van der Waals surface area contributed by atoms with Crippen molar-refractivity contribution in [2.75, 3.05) is 13.1 Å². The quantitative estimate of drug-likeness (QED) is 0.730. The fourth-order valence-electron chi connectivity index (χ4n) is 4.50. The predicted molar refractivity (Wildman–Crippen MR) is 109 cm³/mol. The van der Waals surface area contributed by atoms with Crippen LogP contribution in [-0.4, -0.2) is 41.7 Å². The molecular weight excluding hydrogens is 371 g/mol. The summed E-state index contributed by atoms with van der Waals surface area (Å²) in [6, 6.07) is 8.07. The summed E-state index contributed by atoms with van der Waals surface area (Å²) in [7, 11) is 0. The highest BCUT2D eigenvalue weighted by molar-refractivity contribution is 5.57. The number of nitrogens with one attached hydrogen (secondary N) is 1. The van der Waals surface area contributed by atoms with Crippen LogP contribution in [0.4, 0.5) is 4.39 Å². The highest BCUT2D eigenvalue weighted by Gasteiger charge is 2.30. The van der Waals surface area contributed by atoms with Crippen LogP contribution in [0.2, 0.25) is 0 Å². The largest absolute Gasteiger partial charge is 0.390 e. The van der Waals surface area contributed by atoms with E-state index in [1.54, 1.807) is 12.1 Å². The van der Waals surface area contributed by atoms with Crippen LogP contribution >= 0.6 is 0 Å². The van der Waals surface area contributed by atoms with Crippen molar-refractivity contribution in [2.45, 2.75) is 69.7 Å². The van der Waals surface area contributed by atoms with Gasteiger partial charge in [0.05, 0.1) is 24.0 Å². The summed E-state index contributed by atoms with van der Waals surface area (Å²) in [5.41, 5.74) is 1.62. The number of aromatic nitrogens is 1. The van der Waals surface area contributed by atoms with Crippen LogP contribution in [0.5, 0.6) is 0 Å². The van der Waals surface area contributed by atoms with E-state index in [2.05, 4.69) is 10.5 Å². The van der Waals surface area contributed by atoms with E-state index in [1.807, 2.05) is 6.07 Å². The maximum absolute atomic E-state index is 13.1. The maximum Gasteiger partial charge on any atom is 0.167 e. The Labute approximate surface area is 171 Å². The molecule has 0 bridgehead atoms. The Morgan fingerprint density at radius 2 is 1.83 bits per heavy atom. The number of hydrogen-bond acceptors (Lipinski definition) is 5. The first-order valence-electron chi connectivity index (χ1n) is 10.9. The number of halogens is 1. The molecule has 1 saturated heterocycles. The van der Waals surface area contributed by atoms with Crippen molar-refractivity contribution in [2.24, 2.45) is 5.92 Å². The van der Waals surface area contributed by atoms with E-state index in [-0.39, 0.29) is 18.0 Å². The lowest BCUT2D eigenvalue weighted by Crippen LogP contribution is -2.46. The van der Waals surface area contributed by atoms with E-state index in [0.717, 1.165) is 36.6 Å². The number of nitrogens with zero attached hydrogens (tertiary/aromatic N) is 1. The first-order chi connectivity index (χ1) is 14.2. The lowest BCUT2D eigenvalue weighted by molar-refractivity contribution is -0.115. The lowest BCUT2D eigenvalue weighted by Gasteiger charge is -2.34. The molecule has 2 heterocycles. The van der Waals surface area contributed by atoms with Crippen LogP contribution in [0.15, 0.2) is 34.9 Å². The molecule has 0 spiro atoms. The number of aliphatic hydroxyl groups excluding tert-OH is 1. The molecule has 1 saturated carbocycles. The third-order valence-corrected chi connectivity index (χ3v) is 6.21. The van der Waals surface area contributed by atoms with Gasteiger partial charge < -0.3 is 19.7 Å². The molecule has 3 atom stereocenters. The first-order valence-corrected chi connectivity index (χ1v) is 10.9. The molecule has 0 radical (unpaired) electrons. The van der Waals surface area contributed by atoms with Crippen LogP contribution in [-0.2, 0) is 11.2 Å². The third kappa shape index (κ3) is 5.65. The Morgan fingerprint density at radius 3 is 2.62 bits per heavy atom. The molecule has 6 heteroatoms. The maximum atomic E-state index is 13.1. The molecule has 1 aliphatic heterocycles. The second kappa shape index (κ2) is 9.83. The molecule has 4 rings (SSSR count). The minimum atomic E-state index is -0.419. The highest BCUT2D eigenvalue weighted by Crippen LogP contribution is 2.26. The second-order valence-corrected chi connectivity index (χ2v) is 8.50. The standard InChI is InChI=1S/C23H31FN2O3/c24-18-8-6-17(7-9-18)22-13-19(26-29-22)12-20-10-11-21(27)23(28-20)15-25-14-16-4-2-1-3-5-16/h6-9,13,16,20-21,23,25,27H,1-5,10-12,14-15H2/t20-,21-,23+/m0/s1. The summed E-state index contributed by atoms with van der Waals surface area (Å²) in [5.74, 6) is 1.12. The number of aliphatic hydroxyl groups is 1. The number of rotatable bonds is 7. The van der Waals surface area contributed by atoms with Gasteiger partial charge in [-0.3, -0.25) is 0 Å². The van der Waals surface area contributed by atoms with Crippen molar-refractivity contribution in [1.29, 1.82) is 0 Å². The van der Waals surface area contributed by atoms with Crippen LogP contribution < -0.4 is 5.32 Å². The Bertz CT molecular complexity index is 758. The van der Waals surface area contributed by atoms with Gasteiger partial charge >= 0.3 is 0 Å². The molecule has 2 aliphatic rings. The molecule has 2 N–H and O–H groups in total. The van der Waals surface area contributed by atoms with Crippen molar-refractivity contribution in [3.63, 3.8) is 0 Å². The van der Waals surface area contributed by atoms with Gasteiger partial charge in [-0.25, -0.2) is 4.39 Å². The first kappa shape index (κ1) is 20.5. The van der Waals surface area contributed by atoms with Crippen molar-refractivity contribution in [1.82, 2.24) is 10.5 Å². The molecule has 0 unspecified atom stereocenters. The monoisotopic (exact) mass is 402 g/mol. The Balaban J connectivity index is 1.27. The topological polar surface area (TPSA) is 67.5 Å². The minimum absolute atomic E-state index is 0.0195. The summed E-state index contributed by atoms with van der Waals surface area (Å²) in [5, 5.41) is 18.0. The molecule has 1 aliphatic carbocycles. The van der Waals surface area contributed by atoms with Crippen molar-refractivity contribution >= 4 is 0 Å². The Hall–Kier alpha value is -1.76. The molecule has 29 heavy (non-hydrogen) atoms. The molecule has 5 nitrogen and oxygen atoms in total. The minimum Gasteiger partial charge on any atom is -0.390 e. The van der Waals surface area contributed by atoms with Crippen LogP contribution in [0.3, 0.4) is 0 Å². The fourth-order valence-corrected chi connectivity index (χ4v) is 4.50. The molecule has 0 amide bonds. The summed E-state index contributed by atoms with van der Waals surface area (Å²) < 4.78 is 24.7. The van der Waals surface area contributed by atoms with Gasteiger partial charge in [0.2, 0.25) is 0 Å². The average Bonchev–Trinajstić information content (AvgIpc) is 3.20. The molecule has 2 aromatic rings. The number of hydrogen-bond donors (Lipinski definition) is 2. The van der Waals surface area contributed by atoms with E-state index in [1.165, 1.54) is 44.2 Å². The molecule has 2 fully saturated rings. The van der Waals surface area contributed by atoms with Crippen LogP contribution in [0, 0.1) is 11.7 Å². The molecule has 1 aromatic carbocycles. The number of ether oxygens (including phenoxy) is 1. The van der Waals surface area contributed by atoms with Gasteiger partial charge in [0.1, 0.15) is 5.82 Å². The van der Waals surface area contributed by atoms with Gasteiger partial charge in [-0.1, -0.05) is 24.4 Å². The van der Waals surface area contributed by atoms with Crippen molar-refractivity contribution in [3.05, 3.63) is 41.8 Å². The summed E-state index contributed by atoms with van der Waals surface area (Å²) in [4.78, 5) is 0. The van der Waals surface area contributed by atoms with Crippen LogP contribution in [0.1, 0.15) is 50.6 Å². The summed E-state index contributed by atoms with van der Waals surface area (Å²) >= 11 is 0. The van der Waals surface area contributed by atoms with E-state index in [0.29, 0.717) is 18.7 Å². The Morgan fingerprint density at radius 1 is 1.03 bits per heavy atom. The summed E-state index contributed by atoms with van der Waals surface area (Å²) in [6.45, 7) is 1.70.